The minimum atomic E-state index is -1.02. The molecule has 1 N–H and O–H groups in total. The maximum atomic E-state index is 12.4. The minimum absolute atomic E-state index is 0.0385. The average Bonchev–Trinajstić information content (AvgIpc) is 2.67. The molecular weight excluding hydrogens is 570 g/mol. The second-order valence-electron chi connectivity index (χ2n) is 5.75. The molecule has 0 aliphatic carbocycles. The molecule has 3 aromatic rings. The number of rotatable bonds is 6. The van der Waals surface area contributed by atoms with Crippen molar-refractivity contribution in [2.75, 3.05) is 0 Å². The Kier molecular flexibility index (Phi) is 6.48. The number of hydrogen-bond donors (Lipinski definition) is 1. The Morgan fingerprint density at radius 3 is 2.15 bits per heavy atom. The van der Waals surface area contributed by atoms with E-state index in [1.165, 1.54) is 0 Å². The van der Waals surface area contributed by atoms with E-state index in [1.54, 1.807) is 30.3 Å². The van der Waals surface area contributed by atoms with Gasteiger partial charge >= 0.3 is 5.97 Å². The van der Waals surface area contributed by atoms with Gasteiger partial charge in [-0.2, -0.15) is 0 Å². The van der Waals surface area contributed by atoms with E-state index in [9.17, 15) is 14.7 Å². The van der Waals surface area contributed by atoms with Crippen LogP contribution in [0.25, 0.3) is 0 Å². The van der Waals surface area contributed by atoms with Gasteiger partial charge in [-0.3, -0.25) is 4.79 Å². The third kappa shape index (κ3) is 4.86. The zero-order valence-corrected chi connectivity index (χ0v) is 18.3. The van der Waals surface area contributed by atoms with Gasteiger partial charge in [0.1, 0.15) is 17.9 Å². The van der Waals surface area contributed by atoms with Gasteiger partial charge in [0.2, 0.25) is 0 Å². The Bertz CT molecular complexity index is 983. The highest BCUT2D eigenvalue weighted by Gasteiger charge is 2.16. The number of carbonyl (C=O) groups is 2. The molecule has 0 heterocycles. The van der Waals surface area contributed by atoms with Crippen LogP contribution < -0.4 is 4.74 Å². The molecule has 0 aliphatic heterocycles. The molecule has 27 heavy (non-hydrogen) atoms. The van der Waals surface area contributed by atoms with Gasteiger partial charge in [-0.05, 0) is 62.9 Å². The van der Waals surface area contributed by atoms with Gasteiger partial charge in [-0.25, -0.2) is 4.79 Å². The predicted octanol–water partition coefficient (Wildman–Crippen LogP) is 5.40. The molecule has 0 saturated carbocycles. The summed E-state index contributed by atoms with van der Waals surface area (Å²) >= 11 is 4.15. The van der Waals surface area contributed by atoms with Crippen molar-refractivity contribution in [2.24, 2.45) is 0 Å². The Balaban J connectivity index is 1.75. The number of aromatic carboxylic acids is 1. The summed E-state index contributed by atoms with van der Waals surface area (Å²) < 4.78 is 7.36. The molecule has 6 heteroatoms. The summed E-state index contributed by atoms with van der Waals surface area (Å²) in [5, 5.41) is 9.39. The molecule has 0 aliphatic rings. The van der Waals surface area contributed by atoms with E-state index in [0.717, 1.165) is 12.7 Å². The number of benzene rings is 3. The summed E-state index contributed by atoms with van der Waals surface area (Å²) in [4.78, 5) is 23.9. The lowest BCUT2D eigenvalue weighted by molar-refractivity contribution is 0.0691. The summed E-state index contributed by atoms with van der Waals surface area (Å²) in [5.41, 5.74) is 2.23. The quantitative estimate of drug-likeness (QED) is 0.312. The number of carbonyl (C=O) groups excluding carboxylic acids is 1. The van der Waals surface area contributed by atoms with Crippen molar-refractivity contribution in [1.29, 1.82) is 0 Å². The molecule has 0 unspecified atom stereocenters. The SMILES string of the molecule is O=C(c1ccccc1)c1ccc(COc2c(I)cc(I)cc2C(=O)O)cc1. The zero-order valence-electron chi connectivity index (χ0n) is 14.0. The number of carboxylic acids is 1. The highest BCUT2D eigenvalue weighted by Crippen LogP contribution is 2.29. The van der Waals surface area contributed by atoms with Crippen molar-refractivity contribution < 1.29 is 19.4 Å². The van der Waals surface area contributed by atoms with E-state index in [0.29, 0.717) is 16.9 Å². The van der Waals surface area contributed by atoms with Gasteiger partial charge < -0.3 is 9.84 Å². The Hall–Kier alpha value is -1.94. The molecule has 0 fully saturated rings. The molecule has 0 atom stereocenters. The van der Waals surface area contributed by atoms with Crippen LogP contribution in [-0.4, -0.2) is 16.9 Å². The first-order chi connectivity index (χ1) is 13.0. The lowest BCUT2D eigenvalue weighted by Gasteiger charge is -2.12. The topological polar surface area (TPSA) is 63.6 Å². The summed E-state index contributed by atoms with van der Waals surface area (Å²) in [5.74, 6) is -0.707. The fourth-order valence-electron chi connectivity index (χ4n) is 2.53. The monoisotopic (exact) mass is 584 g/mol. The maximum absolute atomic E-state index is 12.4. The fraction of sp³-hybridized carbons (Fsp3) is 0.0476. The maximum Gasteiger partial charge on any atom is 0.339 e. The van der Waals surface area contributed by atoms with Gasteiger partial charge in [0.05, 0.1) is 3.57 Å². The van der Waals surface area contributed by atoms with Crippen molar-refractivity contribution in [2.45, 2.75) is 6.61 Å². The Morgan fingerprint density at radius 2 is 1.52 bits per heavy atom. The van der Waals surface area contributed by atoms with Crippen LogP contribution in [0.15, 0.2) is 66.7 Å². The summed E-state index contributed by atoms with van der Waals surface area (Å²) in [6.07, 6.45) is 0. The second-order valence-corrected chi connectivity index (χ2v) is 8.16. The van der Waals surface area contributed by atoms with Crippen molar-refractivity contribution in [1.82, 2.24) is 0 Å². The largest absolute Gasteiger partial charge is 0.487 e. The number of ketones is 1. The summed E-state index contributed by atoms with van der Waals surface area (Å²) in [6.45, 7) is 0.219. The highest BCUT2D eigenvalue weighted by molar-refractivity contribution is 14.1. The van der Waals surface area contributed by atoms with Crippen LogP contribution in [0.3, 0.4) is 0 Å². The molecule has 0 aromatic heterocycles. The van der Waals surface area contributed by atoms with Crippen LogP contribution in [0, 0.1) is 7.14 Å². The first-order valence-electron chi connectivity index (χ1n) is 7.99. The first-order valence-corrected chi connectivity index (χ1v) is 10.2. The number of carboxylic acid groups (broad SMARTS) is 1. The third-order valence-electron chi connectivity index (χ3n) is 3.87. The van der Waals surface area contributed by atoms with Crippen LogP contribution in [0.5, 0.6) is 5.75 Å². The number of halogens is 2. The van der Waals surface area contributed by atoms with Crippen LogP contribution in [0.1, 0.15) is 31.8 Å². The third-order valence-corrected chi connectivity index (χ3v) is 5.30. The van der Waals surface area contributed by atoms with Gasteiger partial charge in [-0.1, -0.05) is 54.6 Å². The normalized spacial score (nSPS) is 10.4. The van der Waals surface area contributed by atoms with Crippen LogP contribution in [0.4, 0.5) is 0 Å². The molecule has 0 bridgehead atoms. The predicted molar refractivity (Wildman–Crippen MR) is 119 cm³/mol. The first kappa shape index (κ1) is 19.8. The molecule has 0 saturated heterocycles. The van der Waals surface area contributed by atoms with Gasteiger partial charge in [0.25, 0.3) is 0 Å². The molecule has 0 spiro atoms. The molecule has 0 amide bonds. The number of hydrogen-bond acceptors (Lipinski definition) is 3. The highest BCUT2D eigenvalue weighted by atomic mass is 127. The zero-order chi connectivity index (χ0) is 19.4. The second kappa shape index (κ2) is 8.83. The fourth-order valence-corrected chi connectivity index (χ4v) is 4.53. The van der Waals surface area contributed by atoms with E-state index >= 15 is 0 Å². The summed E-state index contributed by atoms with van der Waals surface area (Å²) in [6, 6.07) is 19.7. The summed E-state index contributed by atoms with van der Waals surface area (Å²) in [7, 11) is 0. The molecule has 3 aromatic carbocycles. The van der Waals surface area contributed by atoms with Crippen LogP contribution >= 0.6 is 45.2 Å². The molecule has 3 rings (SSSR count). The van der Waals surface area contributed by atoms with E-state index in [2.05, 4.69) is 45.2 Å². The Labute approximate surface area is 183 Å². The lowest BCUT2D eigenvalue weighted by Crippen LogP contribution is -2.06. The van der Waals surface area contributed by atoms with Crippen LogP contribution in [0.2, 0.25) is 0 Å². The Morgan fingerprint density at radius 1 is 0.889 bits per heavy atom. The molecule has 0 radical (unpaired) electrons. The number of ether oxygens (including phenoxy) is 1. The minimum Gasteiger partial charge on any atom is -0.487 e. The molecule has 4 nitrogen and oxygen atoms in total. The van der Waals surface area contributed by atoms with E-state index in [1.807, 2.05) is 36.4 Å². The molecular formula is C21H14I2O4. The molecule has 136 valence electrons. The van der Waals surface area contributed by atoms with Gasteiger partial charge in [0.15, 0.2) is 5.78 Å². The smallest absolute Gasteiger partial charge is 0.339 e. The van der Waals surface area contributed by atoms with Crippen LogP contribution in [-0.2, 0) is 6.61 Å². The van der Waals surface area contributed by atoms with Gasteiger partial charge in [0, 0.05) is 14.7 Å². The van der Waals surface area contributed by atoms with E-state index in [-0.39, 0.29) is 18.0 Å². The standard InChI is InChI=1S/C21H14I2O4/c22-16-10-17(21(25)26)20(18(23)11-16)27-12-13-6-8-15(9-7-13)19(24)14-4-2-1-3-5-14/h1-11H,12H2,(H,25,26). The van der Waals surface area contributed by atoms with Crippen molar-refractivity contribution in [3.63, 3.8) is 0 Å². The van der Waals surface area contributed by atoms with Gasteiger partial charge in [-0.15, -0.1) is 0 Å². The van der Waals surface area contributed by atoms with Crippen molar-refractivity contribution >= 4 is 56.9 Å². The van der Waals surface area contributed by atoms with Crippen molar-refractivity contribution in [3.05, 3.63) is 96.1 Å². The average molecular weight is 584 g/mol. The van der Waals surface area contributed by atoms with E-state index in [4.69, 9.17) is 4.74 Å². The van der Waals surface area contributed by atoms with E-state index < -0.39 is 5.97 Å². The van der Waals surface area contributed by atoms with Crippen molar-refractivity contribution in [3.8, 4) is 5.75 Å². The lowest BCUT2D eigenvalue weighted by atomic mass is 10.0.